The second-order valence-electron chi connectivity index (χ2n) is 4.65. The minimum atomic E-state index is -2.68. The standard InChI is InChI=1S/C13H13BrF3NO/c14-10-1-2-11(15)9(7-10)8-12(19)18-5-3-13(16,17)4-6-18/h1-2,7H,3-6,8H2. The zero-order valence-electron chi connectivity index (χ0n) is 10.1. The van der Waals surface area contributed by atoms with Crippen molar-refractivity contribution in [3.63, 3.8) is 0 Å². The van der Waals surface area contributed by atoms with E-state index in [1.165, 1.54) is 17.0 Å². The van der Waals surface area contributed by atoms with Gasteiger partial charge in [0.2, 0.25) is 5.91 Å². The number of carbonyl (C=O) groups is 1. The van der Waals surface area contributed by atoms with Crippen LogP contribution in [-0.2, 0) is 11.2 Å². The van der Waals surface area contributed by atoms with Gasteiger partial charge in [0, 0.05) is 30.4 Å². The SMILES string of the molecule is O=C(Cc1cc(Br)ccc1F)N1CCC(F)(F)CC1. The summed E-state index contributed by atoms with van der Waals surface area (Å²) >= 11 is 3.21. The summed E-state index contributed by atoms with van der Waals surface area (Å²) in [4.78, 5) is 13.3. The summed E-state index contributed by atoms with van der Waals surface area (Å²) in [5.41, 5.74) is 0.275. The molecule has 2 rings (SSSR count). The predicted molar refractivity (Wildman–Crippen MR) is 68.6 cm³/mol. The van der Waals surface area contributed by atoms with Crippen molar-refractivity contribution >= 4 is 21.8 Å². The number of carbonyl (C=O) groups excluding carboxylic acids is 1. The van der Waals surface area contributed by atoms with Gasteiger partial charge in [-0.25, -0.2) is 13.2 Å². The van der Waals surface area contributed by atoms with Gasteiger partial charge in [-0.15, -0.1) is 0 Å². The number of rotatable bonds is 2. The Morgan fingerprint density at radius 1 is 1.32 bits per heavy atom. The summed E-state index contributed by atoms with van der Waals surface area (Å²) in [6, 6.07) is 4.35. The summed E-state index contributed by atoms with van der Waals surface area (Å²) in [6.45, 7) is 0.0584. The molecule has 0 aliphatic carbocycles. The summed E-state index contributed by atoms with van der Waals surface area (Å²) in [5.74, 6) is -3.45. The molecule has 0 spiro atoms. The first-order valence-electron chi connectivity index (χ1n) is 5.97. The van der Waals surface area contributed by atoms with Gasteiger partial charge in [-0.2, -0.15) is 0 Å². The van der Waals surface area contributed by atoms with Crippen molar-refractivity contribution in [2.75, 3.05) is 13.1 Å². The fourth-order valence-electron chi connectivity index (χ4n) is 2.04. The fraction of sp³-hybridized carbons (Fsp3) is 0.462. The van der Waals surface area contributed by atoms with Gasteiger partial charge in [-0.05, 0) is 23.8 Å². The quantitative estimate of drug-likeness (QED) is 0.811. The molecule has 0 aromatic heterocycles. The van der Waals surface area contributed by atoms with Crippen molar-refractivity contribution in [1.29, 1.82) is 0 Å². The van der Waals surface area contributed by atoms with Crippen LogP contribution in [0.2, 0.25) is 0 Å². The molecule has 0 N–H and O–H groups in total. The Balaban J connectivity index is 2.00. The summed E-state index contributed by atoms with van der Waals surface area (Å²) < 4.78 is 40.2. The van der Waals surface area contributed by atoms with Gasteiger partial charge in [0.15, 0.2) is 0 Å². The molecule has 1 aromatic rings. The van der Waals surface area contributed by atoms with Crippen LogP contribution in [0.5, 0.6) is 0 Å². The number of alkyl halides is 2. The van der Waals surface area contributed by atoms with Crippen LogP contribution in [0.1, 0.15) is 18.4 Å². The van der Waals surface area contributed by atoms with E-state index >= 15 is 0 Å². The van der Waals surface area contributed by atoms with E-state index in [-0.39, 0.29) is 43.8 Å². The molecule has 1 heterocycles. The largest absolute Gasteiger partial charge is 0.342 e. The minimum Gasteiger partial charge on any atom is -0.342 e. The molecule has 104 valence electrons. The molecule has 19 heavy (non-hydrogen) atoms. The maximum atomic E-state index is 13.5. The maximum Gasteiger partial charge on any atom is 0.251 e. The fourth-order valence-corrected chi connectivity index (χ4v) is 2.45. The molecule has 0 bridgehead atoms. The molecule has 1 fully saturated rings. The van der Waals surface area contributed by atoms with Crippen LogP contribution in [0.3, 0.4) is 0 Å². The van der Waals surface area contributed by atoms with E-state index in [1.54, 1.807) is 6.07 Å². The van der Waals surface area contributed by atoms with Crippen molar-refractivity contribution in [3.05, 3.63) is 34.1 Å². The lowest BCUT2D eigenvalue weighted by molar-refractivity contribution is -0.136. The number of hydrogen-bond acceptors (Lipinski definition) is 1. The maximum absolute atomic E-state index is 13.5. The number of nitrogens with zero attached hydrogens (tertiary/aromatic N) is 1. The van der Waals surface area contributed by atoms with E-state index in [9.17, 15) is 18.0 Å². The molecule has 1 aliphatic rings. The van der Waals surface area contributed by atoms with Gasteiger partial charge in [0.1, 0.15) is 5.82 Å². The highest BCUT2D eigenvalue weighted by Crippen LogP contribution is 2.28. The number of piperidine rings is 1. The van der Waals surface area contributed by atoms with Crippen molar-refractivity contribution in [3.8, 4) is 0 Å². The molecule has 0 atom stereocenters. The van der Waals surface area contributed by atoms with Gasteiger partial charge < -0.3 is 4.90 Å². The van der Waals surface area contributed by atoms with Crippen LogP contribution >= 0.6 is 15.9 Å². The Morgan fingerprint density at radius 3 is 2.58 bits per heavy atom. The third-order valence-electron chi connectivity index (χ3n) is 3.20. The van der Waals surface area contributed by atoms with Crippen LogP contribution in [0.25, 0.3) is 0 Å². The molecule has 2 nitrogen and oxygen atoms in total. The first kappa shape index (κ1) is 14.4. The molecule has 0 saturated carbocycles. The minimum absolute atomic E-state index is 0.0292. The molecule has 0 unspecified atom stereocenters. The van der Waals surface area contributed by atoms with Crippen LogP contribution in [0, 0.1) is 5.82 Å². The highest BCUT2D eigenvalue weighted by atomic mass is 79.9. The Bertz CT molecular complexity index is 483. The molecule has 1 aromatic carbocycles. The van der Waals surface area contributed by atoms with Crippen LogP contribution in [-0.4, -0.2) is 29.8 Å². The summed E-state index contributed by atoms with van der Waals surface area (Å²) in [6.07, 6.45) is -0.740. The smallest absolute Gasteiger partial charge is 0.251 e. The zero-order valence-corrected chi connectivity index (χ0v) is 11.7. The van der Waals surface area contributed by atoms with Crippen molar-refractivity contribution in [2.24, 2.45) is 0 Å². The van der Waals surface area contributed by atoms with Crippen LogP contribution in [0.4, 0.5) is 13.2 Å². The van der Waals surface area contributed by atoms with E-state index in [0.717, 1.165) is 0 Å². The first-order valence-corrected chi connectivity index (χ1v) is 6.76. The average molecular weight is 336 g/mol. The van der Waals surface area contributed by atoms with Crippen molar-refractivity contribution in [1.82, 2.24) is 4.90 Å². The van der Waals surface area contributed by atoms with E-state index in [2.05, 4.69) is 15.9 Å². The Labute approximate surface area is 117 Å². The molecule has 1 saturated heterocycles. The second-order valence-corrected chi connectivity index (χ2v) is 5.56. The molecule has 6 heteroatoms. The normalized spacial score (nSPS) is 18.4. The van der Waals surface area contributed by atoms with Gasteiger partial charge in [0.05, 0.1) is 6.42 Å². The van der Waals surface area contributed by atoms with E-state index in [0.29, 0.717) is 4.47 Å². The number of amides is 1. The van der Waals surface area contributed by atoms with Gasteiger partial charge in [0.25, 0.3) is 5.92 Å². The van der Waals surface area contributed by atoms with E-state index < -0.39 is 11.7 Å². The third kappa shape index (κ3) is 3.72. The third-order valence-corrected chi connectivity index (χ3v) is 3.69. The zero-order chi connectivity index (χ0) is 14.0. The van der Waals surface area contributed by atoms with E-state index in [4.69, 9.17) is 0 Å². The average Bonchev–Trinajstić information content (AvgIpc) is 2.33. The number of likely N-dealkylation sites (tertiary alicyclic amines) is 1. The summed E-state index contributed by atoms with van der Waals surface area (Å²) in [5, 5.41) is 0. The lowest BCUT2D eigenvalue weighted by atomic mass is 10.1. The lowest BCUT2D eigenvalue weighted by Crippen LogP contribution is -2.43. The number of benzene rings is 1. The van der Waals surface area contributed by atoms with E-state index in [1.807, 2.05) is 0 Å². The van der Waals surface area contributed by atoms with Gasteiger partial charge in [-0.1, -0.05) is 15.9 Å². The molecule has 1 aliphatic heterocycles. The Hall–Kier alpha value is -1.04. The Kier molecular flexibility index (Phi) is 4.18. The van der Waals surface area contributed by atoms with Crippen molar-refractivity contribution in [2.45, 2.75) is 25.2 Å². The van der Waals surface area contributed by atoms with Crippen molar-refractivity contribution < 1.29 is 18.0 Å². The van der Waals surface area contributed by atoms with Crippen LogP contribution < -0.4 is 0 Å². The van der Waals surface area contributed by atoms with Crippen LogP contribution in [0.15, 0.2) is 22.7 Å². The highest BCUT2D eigenvalue weighted by molar-refractivity contribution is 9.10. The molecular weight excluding hydrogens is 323 g/mol. The molecular formula is C13H13BrF3NO. The first-order chi connectivity index (χ1) is 8.87. The molecule has 0 radical (unpaired) electrons. The Morgan fingerprint density at radius 2 is 1.95 bits per heavy atom. The second kappa shape index (κ2) is 5.53. The predicted octanol–water partition coefficient (Wildman–Crippen LogP) is 3.39. The monoisotopic (exact) mass is 335 g/mol. The number of halogens is 4. The van der Waals surface area contributed by atoms with Gasteiger partial charge >= 0.3 is 0 Å². The topological polar surface area (TPSA) is 20.3 Å². The molecule has 1 amide bonds. The summed E-state index contributed by atoms with van der Waals surface area (Å²) in [7, 11) is 0. The van der Waals surface area contributed by atoms with Gasteiger partial charge in [-0.3, -0.25) is 4.79 Å². The highest BCUT2D eigenvalue weighted by Gasteiger charge is 2.35. The number of hydrogen-bond donors (Lipinski definition) is 0. The lowest BCUT2D eigenvalue weighted by Gasteiger charge is -2.31.